The maximum absolute atomic E-state index is 13.0. The van der Waals surface area contributed by atoms with Gasteiger partial charge in [0.2, 0.25) is 5.91 Å². The van der Waals surface area contributed by atoms with Crippen LogP contribution in [0.2, 0.25) is 0 Å². The fourth-order valence-electron chi connectivity index (χ4n) is 4.25. The minimum atomic E-state index is -0.154. The molecule has 2 aliphatic rings. The highest BCUT2D eigenvalue weighted by molar-refractivity contribution is 7.15. The molecule has 32 heavy (non-hydrogen) atoms. The number of rotatable bonds is 5. The molecular formula is C24H27N5O2S. The predicted molar refractivity (Wildman–Crippen MR) is 125 cm³/mol. The number of amides is 1. The zero-order valence-corrected chi connectivity index (χ0v) is 19.0. The van der Waals surface area contributed by atoms with E-state index >= 15 is 0 Å². The average Bonchev–Trinajstić information content (AvgIpc) is 3.23. The number of hydrogen-bond donors (Lipinski definition) is 1. The summed E-state index contributed by atoms with van der Waals surface area (Å²) in [5.41, 5.74) is 3.48. The van der Waals surface area contributed by atoms with Crippen LogP contribution in [0.15, 0.2) is 48.7 Å². The van der Waals surface area contributed by atoms with E-state index in [1.165, 1.54) is 11.1 Å². The van der Waals surface area contributed by atoms with Crippen molar-refractivity contribution >= 4 is 28.2 Å². The topological polar surface area (TPSA) is 70.6 Å². The van der Waals surface area contributed by atoms with Crippen molar-refractivity contribution < 1.29 is 9.53 Å². The highest BCUT2D eigenvalue weighted by atomic mass is 32.1. The molecule has 0 saturated carbocycles. The Morgan fingerprint density at radius 1 is 1.19 bits per heavy atom. The number of morpholine rings is 1. The lowest BCUT2D eigenvalue weighted by molar-refractivity contribution is -0.135. The molecule has 1 N–H and O–H groups in total. The number of thiazole rings is 1. The van der Waals surface area contributed by atoms with Gasteiger partial charge in [-0.05, 0) is 36.6 Å². The van der Waals surface area contributed by atoms with Gasteiger partial charge in [-0.25, -0.2) is 9.97 Å². The van der Waals surface area contributed by atoms with Gasteiger partial charge in [-0.3, -0.25) is 9.69 Å². The number of aryl methyl sites for hydroxylation is 1. The van der Waals surface area contributed by atoms with Gasteiger partial charge in [-0.1, -0.05) is 30.3 Å². The first-order valence-corrected chi connectivity index (χ1v) is 11.8. The van der Waals surface area contributed by atoms with Crippen molar-refractivity contribution in [2.75, 3.05) is 38.1 Å². The van der Waals surface area contributed by atoms with Crippen molar-refractivity contribution in [2.24, 2.45) is 0 Å². The Morgan fingerprint density at radius 2 is 2.06 bits per heavy atom. The summed E-state index contributed by atoms with van der Waals surface area (Å²) >= 11 is 1.60. The summed E-state index contributed by atoms with van der Waals surface area (Å²) in [6, 6.07) is 14.3. The summed E-state index contributed by atoms with van der Waals surface area (Å²) in [6.45, 7) is 5.93. The monoisotopic (exact) mass is 449 g/mol. The first kappa shape index (κ1) is 21.1. The van der Waals surface area contributed by atoms with E-state index in [-0.39, 0.29) is 12.0 Å². The van der Waals surface area contributed by atoms with E-state index < -0.39 is 0 Å². The van der Waals surface area contributed by atoms with E-state index in [1.54, 1.807) is 11.3 Å². The van der Waals surface area contributed by atoms with Crippen LogP contribution in [0.1, 0.15) is 27.8 Å². The Morgan fingerprint density at radius 3 is 2.91 bits per heavy atom. The molecule has 1 atom stereocenters. The molecule has 3 aromatic rings. The smallest absolute Gasteiger partial charge is 0.237 e. The third-order valence-electron chi connectivity index (χ3n) is 5.95. The highest BCUT2D eigenvalue weighted by Gasteiger charge is 2.27. The third-order valence-corrected chi connectivity index (χ3v) is 6.78. The second-order valence-corrected chi connectivity index (χ2v) is 9.51. The van der Waals surface area contributed by atoms with Gasteiger partial charge in [0.05, 0.1) is 18.8 Å². The van der Waals surface area contributed by atoms with Crippen LogP contribution in [0.4, 0.5) is 10.9 Å². The lowest BCUT2D eigenvalue weighted by Crippen LogP contribution is -2.46. The molecule has 1 unspecified atom stereocenters. The Kier molecular flexibility index (Phi) is 6.16. The van der Waals surface area contributed by atoms with Crippen LogP contribution in [-0.4, -0.2) is 58.5 Å². The van der Waals surface area contributed by atoms with Crippen LogP contribution in [-0.2, 0) is 22.5 Å². The maximum atomic E-state index is 13.0. The van der Waals surface area contributed by atoms with Gasteiger partial charge in [0.25, 0.3) is 0 Å². The van der Waals surface area contributed by atoms with Gasteiger partial charge in [-0.15, -0.1) is 11.3 Å². The van der Waals surface area contributed by atoms with Crippen LogP contribution in [0.3, 0.4) is 0 Å². The number of nitrogens with zero attached hydrogens (tertiary/aromatic N) is 4. The van der Waals surface area contributed by atoms with Gasteiger partial charge >= 0.3 is 0 Å². The van der Waals surface area contributed by atoms with Gasteiger partial charge in [0, 0.05) is 37.3 Å². The van der Waals surface area contributed by atoms with E-state index in [4.69, 9.17) is 9.72 Å². The lowest BCUT2D eigenvalue weighted by Gasteiger charge is -2.35. The van der Waals surface area contributed by atoms with Crippen molar-refractivity contribution in [3.05, 3.63) is 70.4 Å². The van der Waals surface area contributed by atoms with Crippen LogP contribution >= 0.6 is 11.3 Å². The Hall–Kier alpha value is -2.81. The normalized spacial score (nSPS) is 18.9. The van der Waals surface area contributed by atoms with E-state index in [0.29, 0.717) is 26.2 Å². The quantitative estimate of drug-likeness (QED) is 0.642. The fraction of sp³-hybridized carbons (Fsp3) is 0.375. The summed E-state index contributed by atoms with van der Waals surface area (Å²) in [5, 5.41) is 4.09. The number of hydrogen-bond acceptors (Lipinski definition) is 7. The molecule has 4 heterocycles. The zero-order valence-electron chi connectivity index (χ0n) is 18.2. The lowest BCUT2D eigenvalue weighted by atomic mass is 10.00. The van der Waals surface area contributed by atoms with Crippen LogP contribution in [0.5, 0.6) is 0 Å². The van der Waals surface area contributed by atoms with E-state index in [9.17, 15) is 4.79 Å². The molecule has 1 fully saturated rings. The molecule has 166 valence electrons. The molecule has 2 aliphatic heterocycles. The van der Waals surface area contributed by atoms with Crippen molar-refractivity contribution in [3.8, 4) is 0 Å². The van der Waals surface area contributed by atoms with Gasteiger partial charge in [0.1, 0.15) is 11.9 Å². The number of ether oxygens (including phenoxy) is 1. The van der Waals surface area contributed by atoms with Crippen molar-refractivity contribution in [3.63, 3.8) is 0 Å². The molecule has 0 spiro atoms. The number of fused-ring (bicyclic) bond motifs is 1. The molecule has 1 saturated heterocycles. The Balaban J connectivity index is 1.20. The minimum absolute atomic E-state index is 0.154. The molecule has 0 bridgehead atoms. The maximum Gasteiger partial charge on any atom is 0.237 e. The molecule has 5 rings (SSSR count). The summed E-state index contributed by atoms with van der Waals surface area (Å²) in [6.07, 6.45) is 2.62. The second kappa shape index (κ2) is 9.36. The van der Waals surface area contributed by atoms with Crippen LogP contribution in [0, 0.1) is 6.92 Å². The Bertz CT molecular complexity index is 1100. The first-order chi connectivity index (χ1) is 15.6. The minimum Gasteiger partial charge on any atom is -0.369 e. The summed E-state index contributed by atoms with van der Waals surface area (Å²) in [7, 11) is 0. The molecule has 7 nitrogen and oxygen atoms in total. The Labute approximate surface area is 192 Å². The molecule has 0 aliphatic carbocycles. The average molecular weight is 450 g/mol. The number of pyridine rings is 1. The number of nitrogens with one attached hydrogen (secondary N) is 1. The predicted octanol–water partition coefficient (Wildman–Crippen LogP) is 3.55. The molecule has 0 radical (unpaired) electrons. The van der Waals surface area contributed by atoms with E-state index in [1.807, 2.05) is 42.3 Å². The van der Waals surface area contributed by atoms with E-state index in [0.717, 1.165) is 41.0 Å². The first-order valence-electron chi connectivity index (χ1n) is 11.0. The van der Waals surface area contributed by atoms with E-state index in [2.05, 4.69) is 33.4 Å². The SMILES string of the molecule is Cc1cnc(Nc2cccc(C3CN(CC(=O)N4CCc5ccccc5C4)CCO3)n2)s1. The van der Waals surface area contributed by atoms with Crippen molar-refractivity contribution in [1.82, 2.24) is 19.8 Å². The fourth-order valence-corrected chi connectivity index (χ4v) is 4.92. The van der Waals surface area contributed by atoms with Crippen LogP contribution < -0.4 is 5.32 Å². The van der Waals surface area contributed by atoms with Gasteiger partial charge in [0.15, 0.2) is 5.13 Å². The summed E-state index contributed by atoms with van der Waals surface area (Å²) in [5.74, 6) is 0.934. The van der Waals surface area contributed by atoms with Crippen molar-refractivity contribution in [1.29, 1.82) is 0 Å². The highest BCUT2D eigenvalue weighted by Crippen LogP contribution is 2.25. The zero-order chi connectivity index (χ0) is 21.9. The van der Waals surface area contributed by atoms with Gasteiger partial charge < -0.3 is 15.0 Å². The molecule has 1 amide bonds. The second-order valence-electron chi connectivity index (χ2n) is 8.28. The largest absolute Gasteiger partial charge is 0.369 e. The van der Waals surface area contributed by atoms with Crippen molar-refractivity contribution in [2.45, 2.75) is 26.0 Å². The molecule has 2 aromatic heterocycles. The van der Waals surface area contributed by atoms with Gasteiger partial charge in [-0.2, -0.15) is 0 Å². The standard InChI is InChI=1S/C24H27N5O2S/c1-17-13-25-24(32-17)27-22-8-4-7-20(26-22)21-15-28(11-12-31-21)16-23(30)29-10-9-18-5-2-3-6-19(18)14-29/h2-8,13,21H,9-12,14-16H2,1H3,(H,25,26,27). The van der Waals surface area contributed by atoms with Crippen LogP contribution in [0.25, 0.3) is 0 Å². The molecular weight excluding hydrogens is 422 g/mol. The number of carbonyl (C=O) groups excluding carboxylic acids is 1. The molecule has 8 heteroatoms. The number of aromatic nitrogens is 2. The number of anilines is 2. The number of carbonyl (C=O) groups is 1. The summed E-state index contributed by atoms with van der Waals surface area (Å²) < 4.78 is 6.01. The summed E-state index contributed by atoms with van der Waals surface area (Å²) in [4.78, 5) is 27.4. The molecule has 1 aromatic carbocycles. The number of benzene rings is 1. The third kappa shape index (κ3) is 4.82.